The molecule has 3 nitrogen and oxygen atoms in total. The molecule has 0 heterocycles. The summed E-state index contributed by atoms with van der Waals surface area (Å²) in [5, 5.41) is 2.22. The molecule has 2 rings (SSSR count). The molecule has 0 fully saturated rings. The van der Waals surface area contributed by atoms with E-state index in [1.54, 1.807) is 0 Å². The minimum absolute atomic E-state index is 0.671. The second-order valence-corrected chi connectivity index (χ2v) is 4.53. The predicted molar refractivity (Wildman–Crippen MR) is 72.3 cm³/mol. The summed E-state index contributed by atoms with van der Waals surface area (Å²) in [4.78, 5) is 11.1. The van der Waals surface area contributed by atoms with Gasteiger partial charge < -0.3 is 10.5 Å². The maximum absolute atomic E-state index is 11.1. The summed E-state index contributed by atoms with van der Waals surface area (Å²) in [6, 6.07) is 14.0. The highest BCUT2D eigenvalue weighted by Crippen LogP contribution is 2.34. The highest BCUT2D eigenvalue weighted by atomic mass is 16.6. The van der Waals surface area contributed by atoms with Gasteiger partial charge in [0.2, 0.25) is 0 Å². The second kappa shape index (κ2) is 4.69. The largest absolute Gasteiger partial charge is 0.438 e. The van der Waals surface area contributed by atoms with Crippen LogP contribution >= 0.6 is 0 Å². The molecule has 0 spiro atoms. The fraction of sp³-hybridized carbons (Fsp3) is 0.267. The lowest BCUT2D eigenvalue weighted by Gasteiger charge is -2.29. The number of nitrogens with two attached hydrogens (primary N) is 1. The topological polar surface area (TPSA) is 52.3 Å². The molecule has 0 aliphatic heterocycles. The van der Waals surface area contributed by atoms with E-state index < -0.39 is 11.7 Å². The van der Waals surface area contributed by atoms with Crippen molar-refractivity contribution in [3.8, 4) is 0 Å². The van der Waals surface area contributed by atoms with Gasteiger partial charge in [0.1, 0.15) is 5.60 Å². The van der Waals surface area contributed by atoms with E-state index in [1.165, 1.54) is 0 Å². The fourth-order valence-corrected chi connectivity index (χ4v) is 2.23. The Morgan fingerprint density at radius 3 is 2.56 bits per heavy atom. The molecule has 18 heavy (non-hydrogen) atoms. The Kier molecular flexibility index (Phi) is 3.24. The third-order valence-electron chi connectivity index (χ3n) is 3.36. The standard InChI is InChI=1S/C15H17NO2/c1-3-15(2,18-14(16)17)13-10-6-8-11-7-4-5-9-12(11)13/h4-10H,3H2,1-2H3,(H2,16,17). The van der Waals surface area contributed by atoms with Crippen molar-refractivity contribution >= 4 is 16.9 Å². The van der Waals surface area contributed by atoms with Crippen LogP contribution in [0.15, 0.2) is 42.5 Å². The number of benzene rings is 2. The van der Waals surface area contributed by atoms with E-state index in [2.05, 4.69) is 0 Å². The van der Waals surface area contributed by atoms with Gasteiger partial charge in [0, 0.05) is 5.56 Å². The highest BCUT2D eigenvalue weighted by molar-refractivity contribution is 5.86. The van der Waals surface area contributed by atoms with Crippen LogP contribution in [0, 0.1) is 0 Å². The van der Waals surface area contributed by atoms with Gasteiger partial charge in [0.05, 0.1) is 0 Å². The van der Waals surface area contributed by atoms with Gasteiger partial charge in [-0.25, -0.2) is 4.79 Å². The van der Waals surface area contributed by atoms with Crippen molar-refractivity contribution < 1.29 is 9.53 Å². The molecule has 2 aromatic carbocycles. The molecule has 0 radical (unpaired) electrons. The predicted octanol–water partition coefficient (Wildman–Crippen LogP) is 3.56. The summed E-state index contributed by atoms with van der Waals surface area (Å²) >= 11 is 0. The molecule has 0 aliphatic rings. The van der Waals surface area contributed by atoms with Gasteiger partial charge in [-0.3, -0.25) is 0 Å². The molecule has 2 N–H and O–H groups in total. The molecule has 3 heteroatoms. The van der Waals surface area contributed by atoms with Crippen molar-refractivity contribution in [3.63, 3.8) is 0 Å². The third kappa shape index (κ3) is 2.16. The van der Waals surface area contributed by atoms with E-state index in [4.69, 9.17) is 10.5 Å². The van der Waals surface area contributed by atoms with E-state index in [1.807, 2.05) is 56.3 Å². The Morgan fingerprint density at radius 2 is 1.89 bits per heavy atom. The SMILES string of the molecule is CCC(C)(OC(N)=O)c1cccc2ccccc12. The van der Waals surface area contributed by atoms with E-state index >= 15 is 0 Å². The summed E-state index contributed by atoms with van der Waals surface area (Å²) in [6.07, 6.45) is -0.0727. The van der Waals surface area contributed by atoms with E-state index in [0.29, 0.717) is 6.42 Å². The Labute approximate surface area is 107 Å². The fourth-order valence-electron chi connectivity index (χ4n) is 2.23. The average Bonchev–Trinajstić information content (AvgIpc) is 2.37. The molecule has 1 amide bonds. The van der Waals surface area contributed by atoms with Gasteiger partial charge in [0.25, 0.3) is 0 Å². The van der Waals surface area contributed by atoms with Crippen LogP contribution in [0.25, 0.3) is 10.8 Å². The van der Waals surface area contributed by atoms with Crippen molar-refractivity contribution in [2.45, 2.75) is 25.9 Å². The van der Waals surface area contributed by atoms with Crippen LogP contribution in [0.4, 0.5) is 4.79 Å². The van der Waals surface area contributed by atoms with Crippen molar-refractivity contribution in [3.05, 3.63) is 48.0 Å². The molecule has 1 unspecified atom stereocenters. The number of primary amides is 1. The number of fused-ring (bicyclic) bond motifs is 1. The number of rotatable bonds is 3. The van der Waals surface area contributed by atoms with Crippen molar-refractivity contribution in [2.24, 2.45) is 5.73 Å². The first kappa shape index (κ1) is 12.4. The molecular weight excluding hydrogens is 226 g/mol. The first-order chi connectivity index (χ1) is 8.57. The Balaban J connectivity index is 2.61. The summed E-state index contributed by atoms with van der Waals surface area (Å²) < 4.78 is 5.32. The van der Waals surface area contributed by atoms with Gasteiger partial charge in [-0.05, 0) is 24.1 Å². The van der Waals surface area contributed by atoms with E-state index in [0.717, 1.165) is 16.3 Å². The van der Waals surface area contributed by atoms with Gasteiger partial charge in [0.15, 0.2) is 0 Å². The Bertz CT molecular complexity index is 574. The lowest BCUT2D eigenvalue weighted by Crippen LogP contribution is -2.31. The molecule has 0 saturated heterocycles. The number of hydrogen-bond acceptors (Lipinski definition) is 2. The number of carbonyl (C=O) groups is 1. The smallest absolute Gasteiger partial charge is 0.405 e. The minimum atomic E-state index is -0.743. The van der Waals surface area contributed by atoms with Crippen LogP contribution in [-0.4, -0.2) is 6.09 Å². The lowest BCUT2D eigenvalue weighted by molar-refractivity contribution is 0.0261. The molecule has 0 saturated carbocycles. The molecular formula is C15H17NO2. The quantitative estimate of drug-likeness (QED) is 0.896. The van der Waals surface area contributed by atoms with E-state index in [9.17, 15) is 4.79 Å². The van der Waals surface area contributed by atoms with Crippen molar-refractivity contribution in [1.29, 1.82) is 0 Å². The zero-order valence-electron chi connectivity index (χ0n) is 10.6. The molecule has 94 valence electrons. The van der Waals surface area contributed by atoms with Gasteiger partial charge in [-0.15, -0.1) is 0 Å². The maximum Gasteiger partial charge on any atom is 0.405 e. The molecule has 0 bridgehead atoms. The first-order valence-electron chi connectivity index (χ1n) is 6.03. The first-order valence-corrected chi connectivity index (χ1v) is 6.03. The minimum Gasteiger partial charge on any atom is -0.438 e. The number of hydrogen-bond donors (Lipinski definition) is 1. The highest BCUT2D eigenvalue weighted by Gasteiger charge is 2.29. The number of amides is 1. The van der Waals surface area contributed by atoms with Crippen LogP contribution in [0.5, 0.6) is 0 Å². The van der Waals surface area contributed by atoms with E-state index in [-0.39, 0.29) is 0 Å². The van der Waals surface area contributed by atoms with Gasteiger partial charge in [-0.2, -0.15) is 0 Å². The summed E-state index contributed by atoms with van der Waals surface area (Å²) in [7, 11) is 0. The zero-order chi connectivity index (χ0) is 13.2. The number of ether oxygens (including phenoxy) is 1. The lowest BCUT2D eigenvalue weighted by atomic mass is 9.88. The third-order valence-corrected chi connectivity index (χ3v) is 3.36. The second-order valence-electron chi connectivity index (χ2n) is 4.53. The molecule has 1 atom stereocenters. The summed E-state index contributed by atoms with van der Waals surface area (Å²) in [6.45, 7) is 3.87. The molecule has 2 aromatic rings. The maximum atomic E-state index is 11.1. The monoisotopic (exact) mass is 243 g/mol. The average molecular weight is 243 g/mol. The van der Waals surface area contributed by atoms with Gasteiger partial charge in [-0.1, -0.05) is 49.4 Å². The van der Waals surface area contributed by atoms with Crippen LogP contribution in [0.1, 0.15) is 25.8 Å². The van der Waals surface area contributed by atoms with Crippen molar-refractivity contribution in [1.82, 2.24) is 0 Å². The van der Waals surface area contributed by atoms with Crippen LogP contribution in [0.3, 0.4) is 0 Å². The summed E-state index contributed by atoms with van der Waals surface area (Å²) in [5.41, 5.74) is 5.47. The summed E-state index contributed by atoms with van der Waals surface area (Å²) in [5.74, 6) is 0. The van der Waals surface area contributed by atoms with Crippen LogP contribution in [0.2, 0.25) is 0 Å². The zero-order valence-corrected chi connectivity index (χ0v) is 10.6. The van der Waals surface area contributed by atoms with Crippen LogP contribution < -0.4 is 5.73 Å². The van der Waals surface area contributed by atoms with Gasteiger partial charge >= 0.3 is 6.09 Å². The Hall–Kier alpha value is -2.03. The van der Waals surface area contributed by atoms with Crippen molar-refractivity contribution in [2.75, 3.05) is 0 Å². The number of carbonyl (C=O) groups excluding carboxylic acids is 1. The molecule has 0 aliphatic carbocycles. The van der Waals surface area contributed by atoms with Crippen LogP contribution in [-0.2, 0) is 10.3 Å². The normalized spacial score (nSPS) is 14.1. The molecule has 0 aromatic heterocycles. The Morgan fingerprint density at radius 1 is 1.22 bits per heavy atom.